The lowest BCUT2D eigenvalue weighted by Crippen LogP contribution is -2.40. The maximum Gasteiger partial charge on any atom is 0.408 e. The second kappa shape index (κ2) is 6.47. The van der Waals surface area contributed by atoms with E-state index in [0.717, 1.165) is 11.8 Å². The fourth-order valence-electron chi connectivity index (χ4n) is 4.18. The van der Waals surface area contributed by atoms with Crippen LogP contribution < -0.4 is 5.32 Å². The fraction of sp³-hybridized carbons (Fsp3) is 0.733. The average Bonchev–Trinajstić information content (AvgIpc) is 3.19. The van der Waals surface area contributed by atoms with Gasteiger partial charge in [0.1, 0.15) is 0 Å². The number of halogens is 1. The van der Waals surface area contributed by atoms with E-state index in [2.05, 4.69) is 17.3 Å². The Balaban J connectivity index is 1.48. The summed E-state index contributed by atoms with van der Waals surface area (Å²) in [5.41, 5.74) is 0. The van der Waals surface area contributed by atoms with Crippen LogP contribution in [0.4, 0.5) is 5.82 Å². The summed E-state index contributed by atoms with van der Waals surface area (Å²) in [6.07, 6.45) is 6.81. The van der Waals surface area contributed by atoms with Gasteiger partial charge in [-0.3, -0.25) is 4.79 Å². The number of fused-ring (bicyclic) bond motifs is 2. The molecule has 2 bridgehead atoms. The van der Waals surface area contributed by atoms with Crippen molar-refractivity contribution in [2.24, 2.45) is 17.8 Å². The summed E-state index contributed by atoms with van der Waals surface area (Å²) in [6, 6.07) is 0.188. The lowest BCUT2D eigenvalue weighted by atomic mass is 9.84. The highest BCUT2D eigenvalue weighted by molar-refractivity contribution is 6.32. The zero-order chi connectivity index (χ0) is 16.6. The van der Waals surface area contributed by atoms with Crippen LogP contribution in [0.25, 0.3) is 0 Å². The summed E-state index contributed by atoms with van der Waals surface area (Å²) in [7, 11) is 0. The number of rotatable bonds is 6. The number of aryl methyl sites for hydroxylation is 1. The predicted octanol–water partition coefficient (Wildman–Crippen LogP) is 2.78. The standard InChI is InChI=1S/C15H21ClN4O3/c1-9(12-7-10-2-3-11(12)6-10)17-14(21)4-5-19-8-13(16)15(18-19)20(22)23/h8-12H,2-7H2,1H3,(H,17,21)/t9-,10-,11-,12+/m1/s1. The van der Waals surface area contributed by atoms with E-state index in [4.69, 9.17) is 11.6 Å². The second-order valence-corrected chi connectivity index (χ2v) is 7.17. The molecule has 2 aliphatic rings. The quantitative estimate of drug-likeness (QED) is 0.636. The molecule has 0 spiro atoms. The Kier molecular flexibility index (Phi) is 4.57. The molecule has 2 aliphatic carbocycles. The Morgan fingerprint density at radius 3 is 2.91 bits per heavy atom. The first-order valence-corrected chi connectivity index (χ1v) is 8.48. The number of nitro groups is 1. The lowest BCUT2D eigenvalue weighted by molar-refractivity contribution is -0.389. The number of carbonyl (C=O) groups is 1. The molecule has 23 heavy (non-hydrogen) atoms. The van der Waals surface area contributed by atoms with Crippen LogP contribution in [0.15, 0.2) is 6.20 Å². The second-order valence-electron chi connectivity index (χ2n) is 6.77. The molecule has 126 valence electrons. The molecule has 8 heteroatoms. The first kappa shape index (κ1) is 16.2. The van der Waals surface area contributed by atoms with Crippen molar-refractivity contribution in [1.82, 2.24) is 15.1 Å². The molecule has 0 aromatic carbocycles. The minimum Gasteiger partial charge on any atom is -0.358 e. The van der Waals surface area contributed by atoms with Gasteiger partial charge in [0, 0.05) is 12.5 Å². The highest BCUT2D eigenvalue weighted by atomic mass is 35.5. The zero-order valence-corrected chi connectivity index (χ0v) is 13.8. The Morgan fingerprint density at radius 1 is 1.57 bits per heavy atom. The average molecular weight is 341 g/mol. The van der Waals surface area contributed by atoms with Crippen LogP contribution in [0.2, 0.25) is 5.02 Å². The summed E-state index contributed by atoms with van der Waals surface area (Å²) < 4.78 is 1.35. The minimum absolute atomic E-state index is 0.00856. The molecule has 1 N–H and O–H groups in total. The first-order valence-electron chi connectivity index (χ1n) is 8.10. The van der Waals surface area contributed by atoms with Crippen molar-refractivity contribution in [3.05, 3.63) is 21.3 Å². The van der Waals surface area contributed by atoms with E-state index in [-0.39, 0.29) is 35.8 Å². The fourth-order valence-corrected chi connectivity index (χ4v) is 4.40. The summed E-state index contributed by atoms with van der Waals surface area (Å²) in [5, 5.41) is 17.5. The highest BCUT2D eigenvalue weighted by Crippen LogP contribution is 2.49. The van der Waals surface area contributed by atoms with E-state index >= 15 is 0 Å². The SMILES string of the molecule is C[C@@H](NC(=O)CCn1cc(Cl)c([N+](=O)[O-])n1)[C@@H]1C[C@@H]2CC[C@@H]1C2. The molecular formula is C15H21ClN4O3. The third kappa shape index (κ3) is 3.49. The van der Waals surface area contributed by atoms with E-state index in [0.29, 0.717) is 5.92 Å². The molecular weight excluding hydrogens is 320 g/mol. The van der Waals surface area contributed by atoms with Gasteiger partial charge < -0.3 is 15.4 Å². The van der Waals surface area contributed by atoms with Crippen LogP contribution in [0, 0.1) is 27.9 Å². The van der Waals surface area contributed by atoms with Gasteiger partial charge in [0.05, 0.1) is 17.8 Å². The summed E-state index contributed by atoms with van der Waals surface area (Å²) in [5.74, 6) is 1.80. The predicted molar refractivity (Wildman–Crippen MR) is 85.1 cm³/mol. The Bertz CT molecular complexity index is 618. The molecule has 0 saturated heterocycles. The minimum atomic E-state index is -0.629. The smallest absolute Gasteiger partial charge is 0.358 e. The number of nitrogens with one attached hydrogen (secondary N) is 1. The van der Waals surface area contributed by atoms with Crippen molar-refractivity contribution in [3.8, 4) is 0 Å². The van der Waals surface area contributed by atoms with Crippen molar-refractivity contribution in [2.45, 2.75) is 51.6 Å². The van der Waals surface area contributed by atoms with Gasteiger partial charge in [-0.15, -0.1) is 0 Å². The zero-order valence-electron chi connectivity index (χ0n) is 13.1. The first-order chi connectivity index (χ1) is 10.9. The summed E-state index contributed by atoms with van der Waals surface area (Å²) in [4.78, 5) is 22.2. The van der Waals surface area contributed by atoms with Gasteiger partial charge in [-0.2, -0.15) is 4.68 Å². The molecule has 2 fully saturated rings. The number of nitrogens with zero attached hydrogens (tertiary/aromatic N) is 3. The summed E-state index contributed by atoms with van der Waals surface area (Å²) in [6.45, 7) is 2.36. The molecule has 3 rings (SSSR count). The third-order valence-corrected chi connectivity index (χ3v) is 5.53. The van der Waals surface area contributed by atoms with E-state index in [1.54, 1.807) is 0 Å². The van der Waals surface area contributed by atoms with Gasteiger partial charge >= 0.3 is 5.82 Å². The van der Waals surface area contributed by atoms with Crippen molar-refractivity contribution in [2.75, 3.05) is 0 Å². The van der Waals surface area contributed by atoms with E-state index in [9.17, 15) is 14.9 Å². The molecule has 4 atom stereocenters. The summed E-state index contributed by atoms with van der Waals surface area (Å²) >= 11 is 5.74. The van der Waals surface area contributed by atoms with Crippen molar-refractivity contribution < 1.29 is 9.72 Å². The molecule has 1 aromatic heterocycles. The Hall–Kier alpha value is -1.63. The van der Waals surface area contributed by atoms with Crippen LogP contribution in [-0.2, 0) is 11.3 Å². The number of aromatic nitrogens is 2. The maximum absolute atomic E-state index is 12.1. The van der Waals surface area contributed by atoms with Crippen LogP contribution >= 0.6 is 11.6 Å². The van der Waals surface area contributed by atoms with Crippen LogP contribution in [0.5, 0.6) is 0 Å². The lowest BCUT2D eigenvalue weighted by Gasteiger charge is -2.28. The van der Waals surface area contributed by atoms with Crippen LogP contribution in [0.3, 0.4) is 0 Å². The monoisotopic (exact) mass is 340 g/mol. The molecule has 1 heterocycles. The highest BCUT2D eigenvalue weighted by Gasteiger charge is 2.42. The molecule has 0 aliphatic heterocycles. The van der Waals surface area contributed by atoms with E-state index in [1.807, 2.05) is 0 Å². The third-order valence-electron chi connectivity index (χ3n) is 5.26. The molecule has 1 aromatic rings. The van der Waals surface area contributed by atoms with Gasteiger partial charge in [0.15, 0.2) is 5.02 Å². The molecule has 7 nitrogen and oxygen atoms in total. The molecule has 0 unspecified atom stereocenters. The van der Waals surface area contributed by atoms with E-state index < -0.39 is 4.92 Å². The Labute approximate surface area is 139 Å². The normalized spacial score (nSPS) is 27.1. The van der Waals surface area contributed by atoms with E-state index in [1.165, 1.54) is 36.6 Å². The molecule has 2 saturated carbocycles. The van der Waals surface area contributed by atoms with Crippen molar-refractivity contribution in [3.63, 3.8) is 0 Å². The molecule has 1 amide bonds. The largest absolute Gasteiger partial charge is 0.408 e. The topological polar surface area (TPSA) is 90.1 Å². The number of carbonyl (C=O) groups excluding carboxylic acids is 1. The maximum atomic E-state index is 12.1. The molecule has 0 radical (unpaired) electrons. The number of hydrogen-bond donors (Lipinski definition) is 1. The van der Waals surface area contributed by atoms with Gasteiger partial charge in [-0.25, -0.2) is 0 Å². The number of amides is 1. The van der Waals surface area contributed by atoms with Crippen LogP contribution in [-0.4, -0.2) is 26.7 Å². The van der Waals surface area contributed by atoms with Crippen molar-refractivity contribution >= 4 is 23.3 Å². The van der Waals surface area contributed by atoms with Crippen molar-refractivity contribution in [1.29, 1.82) is 0 Å². The Morgan fingerprint density at radius 2 is 2.35 bits per heavy atom. The van der Waals surface area contributed by atoms with Gasteiger partial charge in [0.25, 0.3) is 0 Å². The number of hydrogen-bond acceptors (Lipinski definition) is 4. The van der Waals surface area contributed by atoms with Gasteiger partial charge in [0.2, 0.25) is 5.91 Å². The van der Waals surface area contributed by atoms with Crippen LogP contribution in [0.1, 0.15) is 39.0 Å². The van der Waals surface area contributed by atoms with Gasteiger partial charge in [-0.05, 0) is 48.9 Å². The van der Waals surface area contributed by atoms with Gasteiger partial charge in [-0.1, -0.05) is 18.0 Å².